The highest BCUT2D eigenvalue weighted by Gasteiger charge is 2.26. The van der Waals surface area contributed by atoms with Crippen LogP contribution in [0.5, 0.6) is 0 Å². The Morgan fingerprint density at radius 2 is 1.93 bits per heavy atom. The summed E-state index contributed by atoms with van der Waals surface area (Å²) in [6, 6.07) is 9.68. The van der Waals surface area contributed by atoms with Crippen molar-refractivity contribution in [1.29, 1.82) is 0 Å². The number of benzene rings is 1. The van der Waals surface area contributed by atoms with Gasteiger partial charge in [0.15, 0.2) is 0 Å². The minimum absolute atomic E-state index is 0.107. The Kier molecular flexibility index (Phi) is 4.08. The minimum atomic E-state index is -1.23. The van der Waals surface area contributed by atoms with Gasteiger partial charge in [0.2, 0.25) is 0 Å². The lowest BCUT2D eigenvalue weighted by Crippen LogP contribution is -2.35. The summed E-state index contributed by atoms with van der Waals surface area (Å²) in [5.41, 5.74) is 5.26. The van der Waals surface area contributed by atoms with E-state index in [1.54, 1.807) is 0 Å². The van der Waals surface area contributed by atoms with Gasteiger partial charge in [-0.15, -0.1) is 0 Å². The fourth-order valence-electron chi connectivity index (χ4n) is 1.67. The third kappa shape index (κ3) is 3.11. The van der Waals surface area contributed by atoms with E-state index >= 15 is 0 Å². The molecule has 0 aliphatic carbocycles. The monoisotopic (exact) mass is 195 g/mol. The second-order valence-electron chi connectivity index (χ2n) is 3.77. The summed E-state index contributed by atoms with van der Waals surface area (Å²) in [6.07, 6.45) is 1.80. The van der Waals surface area contributed by atoms with E-state index in [0.717, 1.165) is 12.0 Å². The Labute approximate surface area is 85.1 Å². The van der Waals surface area contributed by atoms with Crippen LogP contribution in [0.3, 0.4) is 0 Å². The first-order valence-electron chi connectivity index (χ1n) is 5.13. The fourth-order valence-corrected chi connectivity index (χ4v) is 1.67. The molecule has 0 saturated carbocycles. The molecule has 2 heteroatoms. The zero-order chi connectivity index (χ0) is 10.4. The van der Waals surface area contributed by atoms with Crippen molar-refractivity contribution < 1.29 is 4.39 Å². The van der Waals surface area contributed by atoms with Gasteiger partial charge < -0.3 is 5.73 Å². The first-order valence-corrected chi connectivity index (χ1v) is 5.13. The normalized spacial score (nSPS) is 15.1. The van der Waals surface area contributed by atoms with Crippen molar-refractivity contribution in [3.63, 3.8) is 0 Å². The van der Waals surface area contributed by atoms with Gasteiger partial charge in [0, 0.05) is 13.0 Å². The highest BCUT2D eigenvalue weighted by atomic mass is 19.1. The van der Waals surface area contributed by atoms with Crippen LogP contribution in [-0.4, -0.2) is 12.2 Å². The van der Waals surface area contributed by atoms with Crippen LogP contribution < -0.4 is 5.73 Å². The molecule has 0 heterocycles. The molecule has 1 aromatic rings. The molecule has 0 spiro atoms. The Morgan fingerprint density at radius 3 is 2.43 bits per heavy atom. The molecule has 14 heavy (non-hydrogen) atoms. The van der Waals surface area contributed by atoms with E-state index in [0.29, 0.717) is 12.8 Å². The summed E-state index contributed by atoms with van der Waals surface area (Å²) in [5, 5.41) is 0. The van der Waals surface area contributed by atoms with Gasteiger partial charge in [-0.05, 0) is 12.0 Å². The quantitative estimate of drug-likeness (QED) is 0.768. The average Bonchev–Trinajstić information content (AvgIpc) is 2.20. The topological polar surface area (TPSA) is 26.0 Å². The molecule has 0 fully saturated rings. The van der Waals surface area contributed by atoms with E-state index in [2.05, 4.69) is 0 Å². The van der Waals surface area contributed by atoms with Gasteiger partial charge >= 0.3 is 0 Å². The van der Waals surface area contributed by atoms with E-state index in [4.69, 9.17) is 5.73 Å². The van der Waals surface area contributed by atoms with Gasteiger partial charge in [0.1, 0.15) is 5.67 Å². The predicted octanol–water partition coefficient (Wildman–Crippen LogP) is 2.70. The maximum absolute atomic E-state index is 14.1. The molecule has 1 nitrogen and oxygen atoms in total. The maximum Gasteiger partial charge on any atom is 0.127 e. The number of hydrogen-bond donors (Lipinski definition) is 1. The Balaban J connectivity index is 2.65. The van der Waals surface area contributed by atoms with Crippen molar-refractivity contribution in [3.05, 3.63) is 35.9 Å². The summed E-state index contributed by atoms with van der Waals surface area (Å²) in [7, 11) is 0. The Bertz CT molecular complexity index is 260. The van der Waals surface area contributed by atoms with Crippen LogP contribution in [0.4, 0.5) is 4.39 Å². The van der Waals surface area contributed by atoms with Crippen LogP contribution in [0.2, 0.25) is 0 Å². The molecule has 1 unspecified atom stereocenters. The molecule has 2 N–H and O–H groups in total. The zero-order valence-corrected chi connectivity index (χ0v) is 8.67. The number of alkyl halides is 1. The van der Waals surface area contributed by atoms with Crippen molar-refractivity contribution >= 4 is 0 Å². The van der Waals surface area contributed by atoms with Crippen molar-refractivity contribution in [2.24, 2.45) is 5.73 Å². The van der Waals surface area contributed by atoms with Crippen molar-refractivity contribution in [2.45, 2.75) is 31.9 Å². The summed E-state index contributed by atoms with van der Waals surface area (Å²) >= 11 is 0. The molecule has 1 aromatic carbocycles. The van der Waals surface area contributed by atoms with Crippen LogP contribution in [-0.2, 0) is 6.42 Å². The molecule has 0 amide bonds. The Morgan fingerprint density at radius 1 is 1.29 bits per heavy atom. The van der Waals surface area contributed by atoms with E-state index in [1.807, 2.05) is 37.3 Å². The third-order valence-corrected chi connectivity index (χ3v) is 2.43. The standard InChI is InChI=1S/C12H18FN/c1-2-8-12(13,10-14)9-11-6-4-3-5-7-11/h3-7H,2,8-10,14H2,1H3. The fraction of sp³-hybridized carbons (Fsp3) is 0.500. The lowest BCUT2D eigenvalue weighted by atomic mass is 9.92. The van der Waals surface area contributed by atoms with E-state index in [-0.39, 0.29) is 6.54 Å². The molecule has 1 rings (SSSR count). The minimum Gasteiger partial charge on any atom is -0.328 e. The van der Waals surface area contributed by atoms with Gasteiger partial charge in [-0.3, -0.25) is 0 Å². The Hall–Kier alpha value is -0.890. The van der Waals surface area contributed by atoms with Crippen LogP contribution in [0.25, 0.3) is 0 Å². The highest BCUT2D eigenvalue weighted by Crippen LogP contribution is 2.22. The molecule has 0 aromatic heterocycles. The largest absolute Gasteiger partial charge is 0.328 e. The molecule has 1 atom stereocenters. The van der Waals surface area contributed by atoms with Crippen LogP contribution >= 0.6 is 0 Å². The van der Waals surface area contributed by atoms with Crippen LogP contribution in [0, 0.1) is 0 Å². The molecular formula is C12H18FN. The second kappa shape index (κ2) is 5.11. The molecule has 0 aliphatic rings. The summed E-state index contributed by atoms with van der Waals surface area (Å²) in [4.78, 5) is 0. The first-order chi connectivity index (χ1) is 6.70. The summed E-state index contributed by atoms with van der Waals surface area (Å²) < 4.78 is 14.1. The molecule has 0 bridgehead atoms. The van der Waals surface area contributed by atoms with E-state index < -0.39 is 5.67 Å². The number of hydrogen-bond acceptors (Lipinski definition) is 1. The number of nitrogens with two attached hydrogens (primary N) is 1. The molecule has 0 radical (unpaired) electrons. The average molecular weight is 195 g/mol. The maximum atomic E-state index is 14.1. The van der Waals surface area contributed by atoms with Crippen molar-refractivity contribution in [3.8, 4) is 0 Å². The molecule has 0 saturated heterocycles. The van der Waals surface area contributed by atoms with Crippen LogP contribution in [0.15, 0.2) is 30.3 Å². The van der Waals surface area contributed by atoms with Gasteiger partial charge in [-0.2, -0.15) is 0 Å². The third-order valence-electron chi connectivity index (χ3n) is 2.43. The second-order valence-corrected chi connectivity index (χ2v) is 3.77. The van der Waals surface area contributed by atoms with Gasteiger partial charge in [0.25, 0.3) is 0 Å². The smallest absolute Gasteiger partial charge is 0.127 e. The van der Waals surface area contributed by atoms with Crippen molar-refractivity contribution in [1.82, 2.24) is 0 Å². The SMILES string of the molecule is CCCC(F)(CN)Cc1ccccc1. The van der Waals surface area contributed by atoms with E-state index in [9.17, 15) is 4.39 Å². The molecule has 78 valence electrons. The van der Waals surface area contributed by atoms with Crippen molar-refractivity contribution in [2.75, 3.05) is 6.54 Å². The van der Waals surface area contributed by atoms with Crippen LogP contribution in [0.1, 0.15) is 25.3 Å². The lowest BCUT2D eigenvalue weighted by Gasteiger charge is -2.23. The zero-order valence-electron chi connectivity index (χ0n) is 8.67. The summed E-state index contributed by atoms with van der Waals surface area (Å²) in [5.74, 6) is 0. The molecular weight excluding hydrogens is 177 g/mol. The van der Waals surface area contributed by atoms with Gasteiger partial charge in [-0.1, -0.05) is 43.7 Å². The summed E-state index contributed by atoms with van der Waals surface area (Å²) in [6.45, 7) is 2.09. The molecule has 0 aliphatic heterocycles. The van der Waals surface area contributed by atoms with Gasteiger partial charge in [-0.25, -0.2) is 4.39 Å². The van der Waals surface area contributed by atoms with Gasteiger partial charge in [0.05, 0.1) is 0 Å². The predicted molar refractivity (Wildman–Crippen MR) is 57.9 cm³/mol. The number of halogens is 1. The highest BCUT2D eigenvalue weighted by molar-refractivity contribution is 5.17. The lowest BCUT2D eigenvalue weighted by molar-refractivity contribution is 0.158. The number of rotatable bonds is 5. The first kappa shape index (κ1) is 11.2. The van der Waals surface area contributed by atoms with E-state index in [1.165, 1.54) is 0 Å².